The molecule has 2 unspecified atom stereocenters. The molecule has 1 saturated heterocycles. The van der Waals surface area contributed by atoms with Crippen LogP contribution in [-0.2, 0) is 19.1 Å². The summed E-state index contributed by atoms with van der Waals surface area (Å²) in [5.41, 5.74) is -2.00. The molecule has 1 aliphatic heterocycles. The van der Waals surface area contributed by atoms with Gasteiger partial charge in [-0.1, -0.05) is 54.5 Å². The maximum atomic E-state index is 13.3. The fraction of sp³-hybridized carbons (Fsp3) is 0.848. The lowest BCUT2D eigenvalue weighted by Gasteiger charge is -2.65. The minimum atomic E-state index is -0.922. The Morgan fingerprint density at radius 2 is 1.59 bits per heavy atom. The van der Waals surface area contributed by atoms with Crippen LogP contribution in [0, 0.1) is 55.7 Å². The van der Waals surface area contributed by atoms with Crippen molar-refractivity contribution in [3.63, 3.8) is 0 Å². The van der Waals surface area contributed by atoms with Gasteiger partial charge in [-0.05, 0) is 91.8 Å². The third-order valence-corrected chi connectivity index (χ3v) is 12.6. The molecule has 1 heterocycles. The summed E-state index contributed by atoms with van der Waals surface area (Å²) in [6.45, 7) is 17.5. The van der Waals surface area contributed by atoms with Gasteiger partial charge in [0.2, 0.25) is 0 Å². The van der Waals surface area contributed by atoms with Gasteiger partial charge in [-0.3, -0.25) is 9.59 Å². The zero-order valence-corrected chi connectivity index (χ0v) is 25.8. The number of ketones is 1. The van der Waals surface area contributed by atoms with Crippen molar-refractivity contribution in [2.45, 2.75) is 126 Å². The third-order valence-electron chi connectivity index (χ3n) is 12.6. The summed E-state index contributed by atoms with van der Waals surface area (Å²) >= 11 is 0. The molecule has 6 nitrogen and oxygen atoms in total. The zero-order chi connectivity index (χ0) is 29.2. The molecule has 0 amide bonds. The molecule has 0 radical (unpaired) electrons. The summed E-state index contributed by atoms with van der Waals surface area (Å²) in [6, 6.07) is 2.21. The molecule has 1 N–H and O–H groups in total. The van der Waals surface area contributed by atoms with Crippen molar-refractivity contribution in [1.29, 1.82) is 5.26 Å². The van der Waals surface area contributed by atoms with Crippen LogP contribution < -0.4 is 0 Å². The molecule has 39 heavy (non-hydrogen) atoms. The molecule has 218 valence electrons. The van der Waals surface area contributed by atoms with Crippen LogP contribution in [0.5, 0.6) is 0 Å². The quantitative estimate of drug-likeness (QED) is 0.369. The molecular weight excluding hydrogens is 490 g/mol. The van der Waals surface area contributed by atoms with E-state index in [2.05, 4.69) is 47.6 Å². The summed E-state index contributed by atoms with van der Waals surface area (Å²) in [5.74, 6) is -0.149. The lowest BCUT2D eigenvalue weighted by Crippen LogP contribution is -2.61. The average molecular weight is 542 g/mol. The van der Waals surface area contributed by atoms with Gasteiger partial charge < -0.3 is 14.6 Å². The molecule has 0 bridgehead atoms. The fourth-order valence-electron chi connectivity index (χ4n) is 9.53. The second kappa shape index (κ2) is 9.69. The first kappa shape index (κ1) is 30.3. The number of nitrogens with zero attached hydrogens (tertiary/aromatic N) is 1. The van der Waals surface area contributed by atoms with E-state index in [9.17, 15) is 20.0 Å². The first-order valence-corrected chi connectivity index (χ1v) is 15.0. The predicted octanol–water partition coefficient (Wildman–Crippen LogP) is 6.76. The highest BCUT2D eigenvalue weighted by molar-refractivity contribution is 6.04. The topological polar surface area (TPSA) is 96.6 Å². The van der Waals surface area contributed by atoms with Crippen LogP contribution in [0.2, 0.25) is 0 Å². The SMILES string of the molecule is COC(=O)[C@@]1(C)CCC(C)(C)CCC2OC(O)C[C@@H]3[C@@]4(C)C=C(C#N)C(=O)C(C)(C)[C@@H]4CC[C@@]3(C)[C@]2(C)CC1. The Hall–Kier alpha value is -1.71. The highest BCUT2D eigenvalue weighted by atomic mass is 16.6. The van der Waals surface area contributed by atoms with E-state index < -0.39 is 22.5 Å². The third kappa shape index (κ3) is 4.60. The van der Waals surface area contributed by atoms with E-state index in [1.54, 1.807) is 0 Å². The van der Waals surface area contributed by atoms with Gasteiger partial charge in [0.05, 0.1) is 24.2 Å². The molecule has 0 aromatic rings. The number of methoxy groups -OCH3 is 1. The van der Waals surface area contributed by atoms with E-state index in [-0.39, 0.29) is 51.5 Å². The Morgan fingerprint density at radius 3 is 2.21 bits per heavy atom. The second-order valence-electron chi connectivity index (χ2n) is 15.6. The first-order chi connectivity index (χ1) is 17.9. The Kier molecular flexibility index (Phi) is 7.52. The van der Waals surface area contributed by atoms with E-state index in [1.165, 1.54) is 7.11 Å². The monoisotopic (exact) mass is 541 g/mol. The number of fused-ring (bicyclic) bond motifs is 5. The fourth-order valence-corrected chi connectivity index (χ4v) is 9.53. The number of Topliss-reactive ketones (excluding diaryl/α,β-unsaturated/α-hetero) is 1. The molecule has 8 atom stereocenters. The normalized spacial score (nSPS) is 45.8. The van der Waals surface area contributed by atoms with Crippen molar-refractivity contribution >= 4 is 11.8 Å². The van der Waals surface area contributed by atoms with Crippen LogP contribution in [0.25, 0.3) is 0 Å². The summed E-state index contributed by atoms with van der Waals surface area (Å²) in [6.07, 6.45) is 8.07. The van der Waals surface area contributed by atoms with Crippen molar-refractivity contribution in [3.8, 4) is 6.07 Å². The van der Waals surface area contributed by atoms with E-state index in [4.69, 9.17) is 9.47 Å². The van der Waals surface area contributed by atoms with Crippen LogP contribution in [0.1, 0.15) is 113 Å². The van der Waals surface area contributed by atoms with Crippen molar-refractivity contribution in [1.82, 2.24) is 0 Å². The van der Waals surface area contributed by atoms with Crippen molar-refractivity contribution in [2.75, 3.05) is 7.11 Å². The highest BCUT2D eigenvalue weighted by Crippen LogP contribution is 2.70. The lowest BCUT2D eigenvalue weighted by atomic mass is 9.38. The minimum absolute atomic E-state index is 0.00445. The molecule has 4 aliphatic rings. The summed E-state index contributed by atoms with van der Waals surface area (Å²) in [4.78, 5) is 26.5. The van der Waals surface area contributed by atoms with Crippen molar-refractivity contribution < 1.29 is 24.2 Å². The summed E-state index contributed by atoms with van der Waals surface area (Å²) in [7, 11) is 1.48. The van der Waals surface area contributed by atoms with Crippen molar-refractivity contribution in [3.05, 3.63) is 11.6 Å². The molecule has 4 rings (SSSR count). The molecule has 0 aromatic heterocycles. The molecule has 0 aromatic carbocycles. The standard InChI is InChI=1S/C33H51NO5/c1-28(2)12-11-24-33(8,17-16-30(5,15-14-28)27(37)38-9)32(7)13-10-22-29(3,4)26(36)21(20-34)19-31(22,6)23(32)18-25(35)39-24/h19,22-25,35H,10-18H2,1-9H3/t22-,23+,24?,25?,30-,31-,32+,33+/m0/s1. The second-order valence-corrected chi connectivity index (χ2v) is 15.6. The number of nitriles is 1. The number of esters is 1. The Bertz CT molecular complexity index is 1090. The molecular formula is C33H51NO5. The lowest BCUT2D eigenvalue weighted by molar-refractivity contribution is -0.186. The maximum Gasteiger partial charge on any atom is 0.311 e. The Labute approximate surface area is 235 Å². The molecule has 2 saturated carbocycles. The highest BCUT2D eigenvalue weighted by Gasteiger charge is 2.67. The van der Waals surface area contributed by atoms with Gasteiger partial charge in [0, 0.05) is 11.8 Å². The Morgan fingerprint density at radius 1 is 0.949 bits per heavy atom. The van der Waals surface area contributed by atoms with E-state index in [0.29, 0.717) is 12.8 Å². The van der Waals surface area contributed by atoms with Gasteiger partial charge in [-0.25, -0.2) is 0 Å². The van der Waals surface area contributed by atoms with E-state index in [1.807, 2.05) is 19.9 Å². The van der Waals surface area contributed by atoms with Crippen molar-refractivity contribution in [2.24, 2.45) is 44.3 Å². The molecule has 3 aliphatic carbocycles. The number of carbonyl (C=O) groups excluding carboxylic acids is 2. The number of hydrogen-bond donors (Lipinski definition) is 1. The smallest absolute Gasteiger partial charge is 0.311 e. The van der Waals surface area contributed by atoms with Gasteiger partial charge in [0.1, 0.15) is 6.07 Å². The summed E-state index contributed by atoms with van der Waals surface area (Å²) in [5, 5.41) is 21.4. The number of carbonyl (C=O) groups is 2. The van der Waals surface area contributed by atoms with Gasteiger partial charge in [0.25, 0.3) is 0 Å². The van der Waals surface area contributed by atoms with Crippen LogP contribution in [-0.4, -0.2) is 36.4 Å². The number of allylic oxidation sites excluding steroid dienone is 2. The number of ether oxygens (including phenoxy) is 2. The van der Waals surface area contributed by atoms with Crippen LogP contribution in [0.3, 0.4) is 0 Å². The predicted molar refractivity (Wildman–Crippen MR) is 150 cm³/mol. The largest absolute Gasteiger partial charge is 0.469 e. The van der Waals surface area contributed by atoms with E-state index in [0.717, 1.165) is 44.9 Å². The number of aliphatic hydroxyl groups is 1. The van der Waals surface area contributed by atoms with Gasteiger partial charge in [0.15, 0.2) is 12.1 Å². The van der Waals surface area contributed by atoms with E-state index >= 15 is 0 Å². The molecule has 3 fully saturated rings. The van der Waals surface area contributed by atoms with Crippen LogP contribution in [0.4, 0.5) is 0 Å². The molecule has 6 heteroatoms. The number of hydrogen-bond acceptors (Lipinski definition) is 6. The first-order valence-electron chi connectivity index (χ1n) is 15.0. The maximum absolute atomic E-state index is 13.3. The van der Waals surface area contributed by atoms with Gasteiger partial charge in [-0.15, -0.1) is 0 Å². The van der Waals surface area contributed by atoms with Gasteiger partial charge in [-0.2, -0.15) is 5.26 Å². The number of rotatable bonds is 1. The number of aliphatic hydroxyl groups excluding tert-OH is 1. The van der Waals surface area contributed by atoms with Crippen LogP contribution in [0.15, 0.2) is 11.6 Å². The average Bonchev–Trinajstić information content (AvgIpc) is 2.95. The van der Waals surface area contributed by atoms with Gasteiger partial charge >= 0.3 is 5.97 Å². The molecule has 0 spiro atoms. The Balaban J connectivity index is 1.88. The zero-order valence-electron chi connectivity index (χ0n) is 25.8. The summed E-state index contributed by atoms with van der Waals surface area (Å²) < 4.78 is 11.9. The van der Waals surface area contributed by atoms with Crippen LogP contribution >= 0.6 is 0 Å². The minimum Gasteiger partial charge on any atom is -0.469 e.